The zero-order valence-corrected chi connectivity index (χ0v) is 9.03. The highest BCUT2D eigenvalue weighted by Crippen LogP contribution is 1.80. The number of carbonyl (C=O) groups excluding carboxylic acids is 1. The van der Waals surface area contributed by atoms with Crippen LogP contribution in [0.3, 0.4) is 0 Å². The molecule has 0 saturated carbocycles. The van der Waals surface area contributed by atoms with Crippen LogP contribution in [-0.4, -0.2) is 55.6 Å². The Morgan fingerprint density at radius 1 is 1.31 bits per heavy atom. The van der Waals surface area contributed by atoms with Gasteiger partial charge in [0, 0.05) is 6.54 Å². The molecule has 0 aromatic heterocycles. The largest absolute Gasteiger partial charge is 0.479 e. The van der Waals surface area contributed by atoms with Crippen LogP contribution in [0.5, 0.6) is 0 Å². The number of aliphatic hydroxyl groups excluding tert-OH is 1. The summed E-state index contributed by atoms with van der Waals surface area (Å²) in [5.74, 6) is -1.90. The lowest BCUT2D eigenvalue weighted by molar-refractivity contribution is -0.146. The van der Waals surface area contributed by atoms with E-state index in [0.29, 0.717) is 0 Å². The lowest BCUT2D eigenvalue weighted by atomic mass is 10.4. The molecule has 0 aliphatic heterocycles. The molecule has 16 heavy (non-hydrogen) atoms. The molecule has 0 heterocycles. The summed E-state index contributed by atoms with van der Waals surface area (Å²) in [6.07, 6.45) is -1.70. The van der Waals surface area contributed by atoms with Crippen molar-refractivity contribution < 1.29 is 28.2 Å². The average molecular weight is 255 g/mol. The Morgan fingerprint density at radius 2 is 1.88 bits per heavy atom. The number of amides is 2. The number of hydrogen-bond donors (Lipinski definition) is 5. The Hall–Kier alpha value is -1.39. The topological polar surface area (TPSA) is 159 Å². The summed E-state index contributed by atoms with van der Waals surface area (Å²) in [4.78, 5) is 21.0. The number of nitrogens with two attached hydrogens (primary N) is 1. The van der Waals surface area contributed by atoms with Crippen molar-refractivity contribution in [3.63, 3.8) is 0 Å². The van der Waals surface area contributed by atoms with Crippen LogP contribution < -0.4 is 15.8 Å². The molecule has 0 aromatic rings. The van der Waals surface area contributed by atoms with Gasteiger partial charge in [0.15, 0.2) is 6.10 Å². The number of primary sulfonamides is 1. The van der Waals surface area contributed by atoms with Crippen molar-refractivity contribution >= 4 is 22.0 Å². The Morgan fingerprint density at radius 3 is 2.31 bits per heavy atom. The molecule has 6 N–H and O–H groups in total. The Bertz CT molecular complexity index is 353. The average Bonchev–Trinajstić information content (AvgIpc) is 2.11. The molecular weight excluding hydrogens is 242 g/mol. The molecule has 0 spiro atoms. The van der Waals surface area contributed by atoms with E-state index in [1.165, 1.54) is 0 Å². The molecule has 0 unspecified atom stereocenters. The van der Waals surface area contributed by atoms with Gasteiger partial charge in [-0.05, 0) is 0 Å². The molecule has 10 heteroatoms. The van der Waals surface area contributed by atoms with Gasteiger partial charge in [-0.25, -0.2) is 23.1 Å². The maximum absolute atomic E-state index is 10.9. The number of rotatable bonds is 6. The molecule has 0 aliphatic carbocycles. The predicted octanol–water partition coefficient (Wildman–Crippen LogP) is -2.98. The molecule has 9 nitrogen and oxygen atoms in total. The van der Waals surface area contributed by atoms with Crippen LogP contribution in [-0.2, 0) is 14.8 Å². The van der Waals surface area contributed by atoms with E-state index in [0.717, 1.165) is 0 Å². The summed E-state index contributed by atoms with van der Waals surface area (Å²) < 4.78 is 20.9. The zero-order chi connectivity index (χ0) is 12.8. The first kappa shape index (κ1) is 14.6. The number of aliphatic hydroxyl groups is 1. The first-order valence-corrected chi connectivity index (χ1v) is 5.87. The lowest BCUT2D eigenvalue weighted by Gasteiger charge is -2.08. The van der Waals surface area contributed by atoms with Crippen molar-refractivity contribution in [1.82, 2.24) is 10.6 Å². The van der Waals surface area contributed by atoms with E-state index in [2.05, 4.69) is 10.5 Å². The number of aliphatic carboxylic acids is 1. The molecule has 0 rings (SSSR count). The Labute approximate surface area is 91.7 Å². The van der Waals surface area contributed by atoms with Gasteiger partial charge in [0.25, 0.3) is 0 Å². The van der Waals surface area contributed by atoms with Gasteiger partial charge in [-0.15, -0.1) is 0 Å². The second-order valence-corrected chi connectivity index (χ2v) is 4.59. The fraction of sp³-hybridized carbons (Fsp3) is 0.667. The minimum absolute atomic E-state index is 0.201. The maximum Gasteiger partial charge on any atom is 0.334 e. The van der Waals surface area contributed by atoms with Crippen LogP contribution in [0, 0.1) is 0 Å². The molecule has 0 saturated heterocycles. The van der Waals surface area contributed by atoms with Gasteiger partial charge in [-0.2, -0.15) is 0 Å². The van der Waals surface area contributed by atoms with Crippen molar-refractivity contribution in [2.45, 2.75) is 6.10 Å². The van der Waals surface area contributed by atoms with Crippen molar-refractivity contribution in [3.8, 4) is 0 Å². The van der Waals surface area contributed by atoms with Crippen LogP contribution in [0.2, 0.25) is 0 Å². The highest BCUT2D eigenvalue weighted by Gasteiger charge is 2.13. The van der Waals surface area contributed by atoms with E-state index < -0.39 is 40.4 Å². The molecule has 1 atom stereocenters. The number of nitrogens with one attached hydrogen (secondary N) is 2. The minimum atomic E-state index is -3.65. The first-order valence-electron chi connectivity index (χ1n) is 4.15. The van der Waals surface area contributed by atoms with Crippen molar-refractivity contribution in [2.24, 2.45) is 5.14 Å². The third-order valence-electron chi connectivity index (χ3n) is 1.41. The van der Waals surface area contributed by atoms with Gasteiger partial charge in [0.2, 0.25) is 10.0 Å². The SMILES string of the molecule is NS(=O)(=O)CCNC(=O)NC[C@H](O)C(=O)O. The first-order chi connectivity index (χ1) is 7.22. The predicted molar refractivity (Wildman–Crippen MR) is 53.0 cm³/mol. The highest BCUT2D eigenvalue weighted by molar-refractivity contribution is 7.89. The number of carboxylic acid groups (broad SMARTS) is 1. The normalized spacial score (nSPS) is 12.9. The molecule has 0 fully saturated rings. The van der Waals surface area contributed by atoms with E-state index in [4.69, 9.17) is 10.2 Å². The second-order valence-electron chi connectivity index (χ2n) is 2.86. The quantitative estimate of drug-likeness (QED) is 0.340. The Kier molecular flexibility index (Phi) is 5.71. The highest BCUT2D eigenvalue weighted by atomic mass is 32.2. The van der Waals surface area contributed by atoms with E-state index in [1.54, 1.807) is 0 Å². The number of sulfonamides is 1. The number of hydrogen-bond acceptors (Lipinski definition) is 5. The summed E-state index contributed by atoms with van der Waals surface area (Å²) in [6, 6.07) is -0.788. The van der Waals surface area contributed by atoms with Gasteiger partial charge in [0.05, 0.1) is 12.3 Å². The van der Waals surface area contributed by atoms with Crippen LogP contribution in [0.15, 0.2) is 0 Å². The smallest absolute Gasteiger partial charge is 0.334 e. The van der Waals surface area contributed by atoms with Gasteiger partial charge in [0.1, 0.15) is 0 Å². The minimum Gasteiger partial charge on any atom is -0.479 e. The number of carbonyl (C=O) groups is 2. The van der Waals surface area contributed by atoms with Crippen LogP contribution >= 0.6 is 0 Å². The van der Waals surface area contributed by atoms with Gasteiger partial charge >= 0.3 is 12.0 Å². The van der Waals surface area contributed by atoms with Crippen LogP contribution in [0.1, 0.15) is 0 Å². The molecule has 0 aliphatic rings. The second kappa shape index (κ2) is 6.25. The summed E-state index contributed by atoms with van der Waals surface area (Å²) in [6.45, 7) is -0.676. The Balaban J connectivity index is 3.72. The zero-order valence-electron chi connectivity index (χ0n) is 8.21. The summed E-state index contributed by atoms with van der Waals surface area (Å²) in [7, 11) is -3.65. The summed E-state index contributed by atoms with van der Waals surface area (Å²) >= 11 is 0. The van der Waals surface area contributed by atoms with Crippen molar-refractivity contribution in [1.29, 1.82) is 0 Å². The molecule has 94 valence electrons. The fourth-order valence-corrected chi connectivity index (χ4v) is 1.03. The number of carboxylic acids is 1. The maximum atomic E-state index is 10.9. The molecule has 0 bridgehead atoms. The van der Waals surface area contributed by atoms with Crippen LogP contribution in [0.4, 0.5) is 4.79 Å². The van der Waals surface area contributed by atoms with Crippen molar-refractivity contribution in [2.75, 3.05) is 18.8 Å². The molecule has 0 radical (unpaired) electrons. The third kappa shape index (κ3) is 7.96. The van der Waals surface area contributed by atoms with E-state index >= 15 is 0 Å². The van der Waals surface area contributed by atoms with Gasteiger partial charge in [-0.1, -0.05) is 0 Å². The van der Waals surface area contributed by atoms with E-state index in [9.17, 15) is 18.0 Å². The van der Waals surface area contributed by atoms with Gasteiger partial charge < -0.3 is 20.8 Å². The molecule has 0 aromatic carbocycles. The standard InChI is InChI=1S/C6H13N3O6S/c7-16(14,15)2-1-8-6(13)9-3-4(10)5(11)12/h4,10H,1-3H2,(H,11,12)(H2,7,14,15)(H2,8,9,13)/t4-/m0/s1. The summed E-state index contributed by atoms with van der Waals surface area (Å²) in [5.41, 5.74) is 0. The van der Waals surface area contributed by atoms with Crippen LogP contribution in [0.25, 0.3) is 0 Å². The lowest BCUT2D eigenvalue weighted by Crippen LogP contribution is -2.43. The fourth-order valence-electron chi connectivity index (χ4n) is 0.646. The third-order valence-corrected chi connectivity index (χ3v) is 2.19. The van der Waals surface area contributed by atoms with E-state index in [1.807, 2.05) is 5.32 Å². The molecule has 2 amide bonds. The monoisotopic (exact) mass is 255 g/mol. The number of urea groups is 1. The van der Waals surface area contributed by atoms with Crippen molar-refractivity contribution in [3.05, 3.63) is 0 Å². The van der Waals surface area contributed by atoms with E-state index in [-0.39, 0.29) is 6.54 Å². The van der Waals surface area contributed by atoms with Gasteiger partial charge in [-0.3, -0.25) is 0 Å². The summed E-state index contributed by atoms with van der Waals surface area (Å²) in [5, 5.41) is 25.9. The molecular formula is C6H13N3O6S.